The van der Waals surface area contributed by atoms with Crippen molar-refractivity contribution in [1.29, 1.82) is 0 Å². The Morgan fingerprint density at radius 1 is 0.812 bits per heavy atom. The molecular weight excluding hydrogens is 400 g/mol. The number of amides is 2. The Hall–Kier alpha value is -4.19. The third-order valence-electron chi connectivity index (χ3n) is 5.36. The van der Waals surface area contributed by atoms with Gasteiger partial charge in [-0.2, -0.15) is 5.10 Å². The molecule has 6 nitrogen and oxygen atoms in total. The van der Waals surface area contributed by atoms with E-state index in [1.165, 1.54) is 0 Å². The van der Waals surface area contributed by atoms with Gasteiger partial charge in [0, 0.05) is 29.1 Å². The number of carbonyl (C=O) groups excluding carboxylic acids is 2. The molecule has 32 heavy (non-hydrogen) atoms. The molecule has 2 amide bonds. The van der Waals surface area contributed by atoms with Crippen LogP contribution in [0.5, 0.6) is 0 Å². The van der Waals surface area contributed by atoms with E-state index in [0.717, 1.165) is 24.1 Å². The van der Waals surface area contributed by atoms with E-state index in [0.29, 0.717) is 22.6 Å². The van der Waals surface area contributed by atoms with E-state index in [1.807, 2.05) is 72.8 Å². The van der Waals surface area contributed by atoms with Crippen LogP contribution in [0, 0.1) is 5.92 Å². The van der Waals surface area contributed by atoms with Gasteiger partial charge in [-0.15, -0.1) is 0 Å². The van der Waals surface area contributed by atoms with Crippen molar-refractivity contribution in [2.45, 2.75) is 12.8 Å². The quantitative estimate of drug-likeness (QED) is 0.452. The zero-order chi connectivity index (χ0) is 21.9. The normalized spacial score (nSPS) is 12.9. The van der Waals surface area contributed by atoms with E-state index >= 15 is 0 Å². The van der Waals surface area contributed by atoms with Crippen LogP contribution in [0.4, 0.5) is 11.4 Å². The van der Waals surface area contributed by atoms with Crippen molar-refractivity contribution >= 4 is 23.2 Å². The topological polar surface area (TPSA) is 76.0 Å². The lowest BCUT2D eigenvalue weighted by Crippen LogP contribution is -2.15. The largest absolute Gasteiger partial charge is 0.326 e. The van der Waals surface area contributed by atoms with Crippen molar-refractivity contribution in [3.8, 4) is 16.9 Å². The van der Waals surface area contributed by atoms with Gasteiger partial charge in [0.15, 0.2) is 0 Å². The lowest BCUT2D eigenvalue weighted by molar-refractivity contribution is -0.117. The Morgan fingerprint density at radius 3 is 2.16 bits per heavy atom. The average Bonchev–Trinajstić information content (AvgIpc) is 3.59. The predicted molar refractivity (Wildman–Crippen MR) is 125 cm³/mol. The van der Waals surface area contributed by atoms with Gasteiger partial charge in [-0.1, -0.05) is 54.6 Å². The van der Waals surface area contributed by atoms with Gasteiger partial charge in [0.25, 0.3) is 5.91 Å². The molecule has 1 fully saturated rings. The molecule has 1 heterocycles. The monoisotopic (exact) mass is 422 g/mol. The van der Waals surface area contributed by atoms with Crippen molar-refractivity contribution < 1.29 is 9.59 Å². The lowest BCUT2D eigenvalue weighted by atomic mass is 10.1. The maximum Gasteiger partial charge on any atom is 0.259 e. The number of aromatic nitrogens is 2. The number of hydrogen-bond acceptors (Lipinski definition) is 3. The lowest BCUT2D eigenvalue weighted by Gasteiger charge is -2.09. The number of nitrogens with zero attached hydrogens (tertiary/aromatic N) is 2. The number of anilines is 2. The van der Waals surface area contributed by atoms with Crippen LogP contribution in [0.2, 0.25) is 0 Å². The first kappa shape index (κ1) is 19.8. The van der Waals surface area contributed by atoms with E-state index in [2.05, 4.69) is 10.6 Å². The van der Waals surface area contributed by atoms with E-state index in [4.69, 9.17) is 5.10 Å². The summed E-state index contributed by atoms with van der Waals surface area (Å²) in [5.41, 5.74) is 4.07. The van der Waals surface area contributed by atoms with Crippen LogP contribution in [-0.2, 0) is 4.79 Å². The third-order valence-corrected chi connectivity index (χ3v) is 5.36. The standard InChI is InChI=1S/C26H22N4O2/c31-25(19-14-15-19)27-20-10-7-11-21(16-20)28-26(32)23-17-30(22-12-5-2-6-13-22)29-24(23)18-8-3-1-4-9-18/h1-13,16-17,19H,14-15H2,(H,27,31)(H,28,32). The highest BCUT2D eigenvalue weighted by atomic mass is 16.2. The van der Waals surface area contributed by atoms with E-state index < -0.39 is 0 Å². The molecule has 3 aromatic carbocycles. The molecule has 0 bridgehead atoms. The van der Waals surface area contributed by atoms with Gasteiger partial charge < -0.3 is 10.6 Å². The molecule has 1 saturated carbocycles. The number of benzene rings is 3. The summed E-state index contributed by atoms with van der Waals surface area (Å²) in [5, 5.41) is 10.6. The summed E-state index contributed by atoms with van der Waals surface area (Å²) < 4.78 is 1.71. The van der Waals surface area contributed by atoms with Crippen molar-refractivity contribution in [1.82, 2.24) is 9.78 Å². The van der Waals surface area contributed by atoms with Gasteiger partial charge in [0.2, 0.25) is 5.91 Å². The van der Waals surface area contributed by atoms with Crippen LogP contribution in [-0.4, -0.2) is 21.6 Å². The van der Waals surface area contributed by atoms with Crippen LogP contribution in [0.3, 0.4) is 0 Å². The molecule has 0 spiro atoms. The number of rotatable bonds is 6. The molecule has 0 saturated heterocycles. The van der Waals surface area contributed by atoms with Gasteiger partial charge in [0.1, 0.15) is 5.69 Å². The molecule has 0 atom stereocenters. The van der Waals surface area contributed by atoms with Gasteiger partial charge in [-0.3, -0.25) is 9.59 Å². The number of nitrogens with one attached hydrogen (secondary N) is 2. The summed E-state index contributed by atoms with van der Waals surface area (Å²) in [6.45, 7) is 0. The number of hydrogen-bond donors (Lipinski definition) is 2. The molecule has 1 aliphatic rings. The predicted octanol–water partition coefficient (Wildman–Crippen LogP) is 5.14. The van der Waals surface area contributed by atoms with Crippen LogP contribution < -0.4 is 10.6 Å². The summed E-state index contributed by atoms with van der Waals surface area (Å²) in [6.07, 6.45) is 3.62. The Labute approximate surface area is 185 Å². The van der Waals surface area contributed by atoms with Crippen LogP contribution >= 0.6 is 0 Å². The maximum absolute atomic E-state index is 13.3. The molecule has 0 radical (unpaired) electrons. The summed E-state index contributed by atoms with van der Waals surface area (Å²) >= 11 is 0. The minimum Gasteiger partial charge on any atom is -0.326 e. The summed E-state index contributed by atoms with van der Waals surface area (Å²) in [4.78, 5) is 25.3. The Bertz CT molecular complexity index is 1260. The Morgan fingerprint density at radius 2 is 1.47 bits per heavy atom. The molecule has 6 heteroatoms. The molecule has 1 aliphatic carbocycles. The fraction of sp³-hybridized carbons (Fsp3) is 0.115. The molecular formula is C26H22N4O2. The highest BCUT2D eigenvalue weighted by Crippen LogP contribution is 2.30. The van der Waals surface area contributed by atoms with Crippen LogP contribution in [0.25, 0.3) is 16.9 Å². The van der Waals surface area contributed by atoms with Gasteiger partial charge >= 0.3 is 0 Å². The number of para-hydroxylation sites is 1. The van der Waals surface area contributed by atoms with Gasteiger partial charge in [0.05, 0.1) is 11.3 Å². The number of carbonyl (C=O) groups is 2. The summed E-state index contributed by atoms with van der Waals surface area (Å²) in [5.74, 6) is -0.119. The summed E-state index contributed by atoms with van der Waals surface area (Å²) in [7, 11) is 0. The Kier molecular flexibility index (Phi) is 5.25. The van der Waals surface area contributed by atoms with Gasteiger partial charge in [-0.25, -0.2) is 4.68 Å². The third kappa shape index (κ3) is 4.30. The first-order chi connectivity index (χ1) is 15.7. The second-order valence-corrected chi connectivity index (χ2v) is 7.84. The maximum atomic E-state index is 13.3. The van der Waals surface area contributed by atoms with Crippen molar-refractivity contribution in [3.05, 3.63) is 96.7 Å². The first-order valence-electron chi connectivity index (χ1n) is 10.6. The molecule has 1 aromatic heterocycles. The van der Waals surface area contributed by atoms with Crippen molar-refractivity contribution in [2.24, 2.45) is 5.92 Å². The van der Waals surface area contributed by atoms with Crippen molar-refractivity contribution in [2.75, 3.05) is 10.6 Å². The fourth-order valence-corrected chi connectivity index (χ4v) is 3.53. The molecule has 4 aromatic rings. The first-order valence-corrected chi connectivity index (χ1v) is 10.6. The van der Waals surface area contributed by atoms with Crippen LogP contribution in [0.15, 0.2) is 91.1 Å². The molecule has 0 unspecified atom stereocenters. The molecule has 158 valence electrons. The fourth-order valence-electron chi connectivity index (χ4n) is 3.53. The molecule has 2 N–H and O–H groups in total. The average molecular weight is 422 g/mol. The van der Waals surface area contributed by atoms with Gasteiger partial charge in [-0.05, 0) is 43.2 Å². The SMILES string of the molecule is O=C(Nc1cccc(NC(=O)C2CC2)c1)c1cn(-c2ccccc2)nc1-c1ccccc1. The minimum absolute atomic E-state index is 0.0315. The van der Waals surface area contributed by atoms with E-state index in [9.17, 15) is 9.59 Å². The second kappa shape index (κ2) is 8.51. The highest BCUT2D eigenvalue weighted by Gasteiger charge is 2.29. The van der Waals surface area contributed by atoms with E-state index in [1.54, 1.807) is 23.0 Å². The summed E-state index contributed by atoms with van der Waals surface area (Å²) in [6, 6.07) is 26.5. The molecule has 0 aliphatic heterocycles. The second-order valence-electron chi connectivity index (χ2n) is 7.84. The van der Waals surface area contributed by atoms with Crippen molar-refractivity contribution in [3.63, 3.8) is 0 Å². The highest BCUT2D eigenvalue weighted by molar-refractivity contribution is 6.08. The molecule has 5 rings (SSSR count). The van der Waals surface area contributed by atoms with E-state index in [-0.39, 0.29) is 17.7 Å². The zero-order valence-electron chi connectivity index (χ0n) is 17.4. The smallest absolute Gasteiger partial charge is 0.259 e. The minimum atomic E-state index is -0.267. The van der Waals surface area contributed by atoms with Crippen LogP contribution in [0.1, 0.15) is 23.2 Å². The zero-order valence-corrected chi connectivity index (χ0v) is 17.4. The Balaban J connectivity index is 1.44.